The van der Waals surface area contributed by atoms with E-state index in [4.69, 9.17) is 0 Å². The first-order valence-corrected chi connectivity index (χ1v) is 7.56. The summed E-state index contributed by atoms with van der Waals surface area (Å²) in [5.74, 6) is 0.534. The molecule has 3 atom stereocenters. The third kappa shape index (κ3) is 4.99. The standard InChI is InChI=1S/C16H30O2/c1-5-6-12-7-8-14(15(17)18)13(11-12)9-10-16(2,3)4/h12-14H,5-11H2,1-4H3,(H,17,18). The van der Waals surface area contributed by atoms with Crippen LogP contribution in [-0.2, 0) is 4.79 Å². The molecule has 0 bridgehead atoms. The molecule has 0 radical (unpaired) electrons. The first-order chi connectivity index (χ1) is 8.33. The van der Waals surface area contributed by atoms with Gasteiger partial charge >= 0.3 is 5.97 Å². The van der Waals surface area contributed by atoms with Crippen molar-refractivity contribution in [1.29, 1.82) is 0 Å². The van der Waals surface area contributed by atoms with E-state index in [1.807, 2.05) is 0 Å². The Balaban J connectivity index is 2.57. The van der Waals surface area contributed by atoms with E-state index in [0.717, 1.165) is 38.0 Å². The molecule has 0 aromatic heterocycles. The van der Waals surface area contributed by atoms with Crippen LogP contribution in [0.2, 0.25) is 0 Å². The van der Waals surface area contributed by atoms with Gasteiger partial charge in [-0.1, -0.05) is 40.5 Å². The van der Waals surface area contributed by atoms with Crippen LogP contribution in [0, 0.1) is 23.2 Å². The number of hydrogen-bond acceptors (Lipinski definition) is 1. The van der Waals surface area contributed by atoms with Crippen molar-refractivity contribution in [3.05, 3.63) is 0 Å². The van der Waals surface area contributed by atoms with Crippen LogP contribution in [0.5, 0.6) is 0 Å². The quantitative estimate of drug-likeness (QED) is 0.770. The zero-order chi connectivity index (χ0) is 13.8. The second kappa shape index (κ2) is 6.58. The molecule has 1 fully saturated rings. The number of carbonyl (C=O) groups is 1. The molecule has 0 saturated heterocycles. The maximum atomic E-state index is 11.4. The Hall–Kier alpha value is -0.530. The van der Waals surface area contributed by atoms with E-state index in [2.05, 4.69) is 27.7 Å². The van der Waals surface area contributed by atoms with Crippen LogP contribution in [0.1, 0.15) is 72.6 Å². The van der Waals surface area contributed by atoms with E-state index < -0.39 is 5.97 Å². The number of aliphatic carboxylic acids is 1. The Morgan fingerprint density at radius 1 is 1.22 bits per heavy atom. The first-order valence-electron chi connectivity index (χ1n) is 7.56. The van der Waals surface area contributed by atoms with Crippen LogP contribution in [0.4, 0.5) is 0 Å². The Kier molecular flexibility index (Phi) is 5.68. The van der Waals surface area contributed by atoms with Gasteiger partial charge in [-0.25, -0.2) is 0 Å². The molecule has 2 nitrogen and oxygen atoms in total. The van der Waals surface area contributed by atoms with Gasteiger partial charge in [0.2, 0.25) is 0 Å². The van der Waals surface area contributed by atoms with Crippen LogP contribution < -0.4 is 0 Å². The summed E-state index contributed by atoms with van der Waals surface area (Å²) in [4.78, 5) is 11.4. The number of carboxylic acid groups (broad SMARTS) is 1. The van der Waals surface area contributed by atoms with Crippen LogP contribution in [0.25, 0.3) is 0 Å². The molecule has 0 heterocycles. The van der Waals surface area contributed by atoms with E-state index in [0.29, 0.717) is 11.3 Å². The highest BCUT2D eigenvalue weighted by atomic mass is 16.4. The van der Waals surface area contributed by atoms with Crippen LogP contribution in [0.3, 0.4) is 0 Å². The van der Waals surface area contributed by atoms with Crippen molar-refractivity contribution in [2.45, 2.75) is 72.6 Å². The van der Waals surface area contributed by atoms with E-state index in [-0.39, 0.29) is 5.92 Å². The molecule has 18 heavy (non-hydrogen) atoms. The normalized spacial score (nSPS) is 29.2. The van der Waals surface area contributed by atoms with Gasteiger partial charge in [-0.2, -0.15) is 0 Å². The van der Waals surface area contributed by atoms with Gasteiger partial charge < -0.3 is 5.11 Å². The highest BCUT2D eigenvalue weighted by Crippen LogP contribution is 2.40. The van der Waals surface area contributed by atoms with E-state index in [1.54, 1.807) is 0 Å². The lowest BCUT2D eigenvalue weighted by Gasteiger charge is -2.35. The molecule has 1 aliphatic rings. The van der Waals surface area contributed by atoms with Gasteiger partial charge in [-0.3, -0.25) is 4.79 Å². The van der Waals surface area contributed by atoms with Crippen LogP contribution in [0.15, 0.2) is 0 Å². The number of hydrogen-bond donors (Lipinski definition) is 1. The number of rotatable bonds is 5. The monoisotopic (exact) mass is 254 g/mol. The minimum atomic E-state index is -0.566. The van der Waals surface area contributed by atoms with Crippen molar-refractivity contribution in [2.24, 2.45) is 23.2 Å². The molecule has 0 aliphatic heterocycles. The lowest BCUT2D eigenvalue weighted by Crippen LogP contribution is -2.31. The summed E-state index contributed by atoms with van der Waals surface area (Å²) < 4.78 is 0. The first kappa shape index (κ1) is 15.5. The predicted molar refractivity (Wildman–Crippen MR) is 75.6 cm³/mol. The zero-order valence-electron chi connectivity index (χ0n) is 12.5. The Morgan fingerprint density at radius 2 is 1.89 bits per heavy atom. The molecular formula is C16H30O2. The molecule has 1 saturated carbocycles. The van der Waals surface area contributed by atoms with Crippen molar-refractivity contribution < 1.29 is 9.90 Å². The molecule has 0 amide bonds. The summed E-state index contributed by atoms with van der Waals surface area (Å²) in [7, 11) is 0. The maximum absolute atomic E-state index is 11.4. The average Bonchev–Trinajstić information content (AvgIpc) is 2.25. The minimum absolute atomic E-state index is 0.0829. The molecule has 3 unspecified atom stereocenters. The summed E-state index contributed by atoms with van der Waals surface area (Å²) in [6, 6.07) is 0. The molecule has 1 N–H and O–H groups in total. The average molecular weight is 254 g/mol. The second-order valence-electron chi connectivity index (χ2n) is 7.27. The zero-order valence-corrected chi connectivity index (χ0v) is 12.5. The van der Waals surface area contributed by atoms with Crippen molar-refractivity contribution in [2.75, 3.05) is 0 Å². The minimum Gasteiger partial charge on any atom is -0.481 e. The van der Waals surface area contributed by atoms with Crippen molar-refractivity contribution >= 4 is 5.97 Å². The highest BCUT2D eigenvalue weighted by molar-refractivity contribution is 5.70. The van der Waals surface area contributed by atoms with Gasteiger partial charge in [0.15, 0.2) is 0 Å². The van der Waals surface area contributed by atoms with Gasteiger partial charge in [0.05, 0.1) is 5.92 Å². The van der Waals surface area contributed by atoms with Crippen molar-refractivity contribution in [1.82, 2.24) is 0 Å². The van der Waals surface area contributed by atoms with Gasteiger partial charge in [0, 0.05) is 0 Å². The third-order valence-corrected chi connectivity index (χ3v) is 4.37. The van der Waals surface area contributed by atoms with Crippen molar-refractivity contribution in [3.63, 3.8) is 0 Å². The van der Waals surface area contributed by atoms with Gasteiger partial charge in [0.25, 0.3) is 0 Å². The molecule has 106 valence electrons. The lowest BCUT2D eigenvalue weighted by molar-refractivity contribution is -0.145. The fourth-order valence-corrected chi connectivity index (χ4v) is 3.29. The van der Waals surface area contributed by atoms with Gasteiger partial charge in [-0.05, 0) is 49.4 Å². The molecule has 0 aromatic carbocycles. The van der Waals surface area contributed by atoms with E-state index in [9.17, 15) is 9.90 Å². The summed E-state index contributed by atoms with van der Waals surface area (Å²) >= 11 is 0. The largest absolute Gasteiger partial charge is 0.481 e. The van der Waals surface area contributed by atoms with E-state index >= 15 is 0 Å². The molecular weight excluding hydrogens is 224 g/mol. The molecule has 1 rings (SSSR count). The molecule has 0 aromatic rings. The summed E-state index contributed by atoms with van der Waals surface area (Å²) in [6.45, 7) is 8.97. The third-order valence-electron chi connectivity index (χ3n) is 4.37. The lowest BCUT2D eigenvalue weighted by atomic mass is 9.69. The Labute approximate surface area is 112 Å². The number of carboxylic acids is 1. The fraction of sp³-hybridized carbons (Fsp3) is 0.938. The fourth-order valence-electron chi connectivity index (χ4n) is 3.29. The molecule has 0 spiro atoms. The second-order valence-corrected chi connectivity index (χ2v) is 7.27. The summed E-state index contributed by atoms with van der Waals surface area (Å²) in [5.41, 5.74) is 0.320. The summed E-state index contributed by atoms with van der Waals surface area (Å²) in [6.07, 6.45) is 7.89. The van der Waals surface area contributed by atoms with Gasteiger partial charge in [-0.15, -0.1) is 0 Å². The van der Waals surface area contributed by atoms with Crippen LogP contribution >= 0.6 is 0 Å². The Morgan fingerprint density at radius 3 is 2.39 bits per heavy atom. The summed E-state index contributed by atoms with van der Waals surface area (Å²) in [5, 5.41) is 9.35. The van der Waals surface area contributed by atoms with Gasteiger partial charge in [0.1, 0.15) is 0 Å². The topological polar surface area (TPSA) is 37.3 Å². The smallest absolute Gasteiger partial charge is 0.306 e. The van der Waals surface area contributed by atoms with Crippen LogP contribution in [-0.4, -0.2) is 11.1 Å². The molecule has 1 aliphatic carbocycles. The molecule has 2 heteroatoms. The maximum Gasteiger partial charge on any atom is 0.306 e. The Bertz CT molecular complexity index is 265. The highest BCUT2D eigenvalue weighted by Gasteiger charge is 2.34. The SMILES string of the molecule is CCCC1CCC(C(=O)O)C(CCC(C)(C)C)C1. The predicted octanol–water partition coefficient (Wildman–Crippen LogP) is 4.73. The van der Waals surface area contributed by atoms with Crippen molar-refractivity contribution in [3.8, 4) is 0 Å². The van der Waals surface area contributed by atoms with E-state index in [1.165, 1.54) is 12.8 Å².